The van der Waals surface area contributed by atoms with E-state index in [2.05, 4.69) is 39.2 Å². The number of nitrogens with one attached hydrogen (secondary N) is 3. The fourth-order valence-electron chi connectivity index (χ4n) is 4.53. The van der Waals surface area contributed by atoms with E-state index in [0.29, 0.717) is 5.70 Å². The maximum Gasteiger partial charge on any atom is 0.229 e. The van der Waals surface area contributed by atoms with Gasteiger partial charge < -0.3 is 10.3 Å². The monoisotopic (exact) mass is 518 g/mol. The van der Waals surface area contributed by atoms with Crippen LogP contribution in [-0.4, -0.2) is 21.1 Å². The van der Waals surface area contributed by atoms with Gasteiger partial charge in [0.05, 0.1) is 11.2 Å². The van der Waals surface area contributed by atoms with Gasteiger partial charge in [-0.3, -0.25) is 9.89 Å². The smallest absolute Gasteiger partial charge is 0.229 e. The van der Waals surface area contributed by atoms with Crippen molar-refractivity contribution in [2.45, 2.75) is 27.7 Å². The molecule has 5 nitrogen and oxygen atoms in total. The molecule has 2 heterocycles. The minimum absolute atomic E-state index is 0.0736. The van der Waals surface area contributed by atoms with E-state index in [1.165, 1.54) is 12.1 Å². The maximum atomic E-state index is 13.5. The molecule has 0 atom stereocenters. The topological polar surface area (TPSA) is 73.6 Å². The predicted molar refractivity (Wildman–Crippen MR) is 158 cm³/mol. The molecule has 196 valence electrons. The molecule has 3 N–H and O–H groups in total. The Labute approximate surface area is 227 Å². The first-order valence-corrected chi connectivity index (χ1v) is 12.9. The number of aromatic nitrogens is 3. The molecule has 6 heteroatoms. The minimum Gasteiger partial charge on any atom is -0.353 e. The molecule has 0 aliphatic rings. The van der Waals surface area contributed by atoms with Crippen LogP contribution in [0.15, 0.2) is 97.2 Å². The summed E-state index contributed by atoms with van der Waals surface area (Å²) in [4.78, 5) is 16.0. The number of hydrogen-bond acceptors (Lipinski definition) is 2. The van der Waals surface area contributed by atoms with Gasteiger partial charge in [0.1, 0.15) is 11.5 Å². The van der Waals surface area contributed by atoms with E-state index < -0.39 is 5.41 Å². The number of nitrogens with zero attached hydrogens (tertiary/aromatic N) is 1. The Bertz CT molecular complexity index is 1760. The second kappa shape index (κ2) is 10.2. The SMILES string of the molecule is C=C/C(=C\C(=C/C)c1ccc2[nH]nc(-c3cc4c(-c5ccc(F)cc5)cccc4[nH]3)c2c1)NC(=O)C(C)(C)C. The molecular weight excluding hydrogens is 487 g/mol. The second-order valence-electron chi connectivity index (χ2n) is 10.5. The molecule has 5 aromatic rings. The normalized spacial score (nSPS) is 12.7. The van der Waals surface area contributed by atoms with Crippen molar-refractivity contribution >= 4 is 33.3 Å². The summed E-state index contributed by atoms with van der Waals surface area (Å²) in [5.74, 6) is -0.331. The Morgan fingerprint density at radius 1 is 1.00 bits per heavy atom. The highest BCUT2D eigenvalue weighted by Gasteiger charge is 2.21. The lowest BCUT2D eigenvalue weighted by molar-refractivity contribution is -0.127. The van der Waals surface area contributed by atoms with Crippen LogP contribution in [-0.2, 0) is 4.79 Å². The van der Waals surface area contributed by atoms with E-state index >= 15 is 0 Å². The van der Waals surface area contributed by atoms with Gasteiger partial charge >= 0.3 is 0 Å². The average molecular weight is 519 g/mol. The van der Waals surface area contributed by atoms with Crippen LogP contribution in [0.5, 0.6) is 0 Å². The number of carbonyl (C=O) groups is 1. The van der Waals surface area contributed by atoms with Crippen LogP contribution >= 0.6 is 0 Å². The van der Waals surface area contributed by atoms with Gasteiger partial charge in [-0.15, -0.1) is 0 Å². The van der Waals surface area contributed by atoms with Crippen LogP contribution in [0.2, 0.25) is 0 Å². The van der Waals surface area contributed by atoms with E-state index in [1.807, 2.05) is 70.2 Å². The molecule has 0 aliphatic heterocycles. The third-order valence-corrected chi connectivity index (χ3v) is 6.75. The molecule has 0 bridgehead atoms. The highest BCUT2D eigenvalue weighted by molar-refractivity contribution is 6.01. The molecule has 39 heavy (non-hydrogen) atoms. The number of carbonyl (C=O) groups excluding carboxylic acids is 1. The highest BCUT2D eigenvalue weighted by Crippen LogP contribution is 2.35. The van der Waals surface area contributed by atoms with E-state index in [9.17, 15) is 9.18 Å². The molecule has 0 spiro atoms. The van der Waals surface area contributed by atoms with E-state index in [0.717, 1.165) is 55.5 Å². The maximum absolute atomic E-state index is 13.5. The van der Waals surface area contributed by atoms with E-state index in [1.54, 1.807) is 18.2 Å². The summed E-state index contributed by atoms with van der Waals surface area (Å²) in [6.07, 6.45) is 5.58. The van der Waals surface area contributed by atoms with Crippen molar-refractivity contribution < 1.29 is 9.18 Å². The third kappa shape index (κ3) is 5.18. The van der Waals surface area contributed by atoms with Crippen molar-refractivity contribution in [3.63, 3.8) is 0 Å². The average Bonchev–Trinajstić information content (AvgIpc) is 3.54. The molecule has 5 rings (SSSR count). The zero-order chi connectivity index (χ0) is 27.7. The van der Waals surface area contributed by atoms with Crippen molar-refractivity contribution in [1.29, 1.82) is 0 Å². The van der Waals surface area contributed by atoms with Gasteiger partial charge in [-0.05, 0) is 77.7 Å². The molecule has 1 amide bonds. The Balaban J connectivity index is 1.54. The standard InChI is InChI=1S/C33H31FN4O/c1-6-20(17-24(7-2)35-32(39)33(3,4)5)22-13-16-29-27(18-22)31(38-37-29)30-19-26-25(9-8-10-28(26)36-30)21-11-14-23(34)15-12-21/h6-19,36H,2H2,1,3-5H3,(H,35,39)(H,37,38)/b20-6+,24-17+. The van der Waals surface area contributed by atoms with Crippen molar-refractivity contribution in [2.24, 2.45) is 5.41 Å². The molecular formula is C33H31FN4O. The first kappa shape index (κ1) is 25.9. The van der Waals surface area contributed by atoms with Crippen LogP contribution in [0.25, 0.3) is 49.9 Å². The summed E-state index contributed by atoms with van der Waals surface area (Å²) < 4.78 is 13.5. The molecule has 0 aliphatic carbocycles. The number of halogens is 1. The number of allylic oxidation sites excluding steroid dienone is 4. The Morgan fingerprint density at radius 3 is 2.46 bits per heavy atom. The number of fused-ring (bicyclic) bond motifs is 2. The van der Waals surface area contributed by atoms with Crippen LogP contribution in [0, 0.1) is 11.2 Å². The highest BCUT2D eigenvalue weighted by atomic mass is 19.1. The third-order valence-electron chi connectivity index (χ3n) is 6.75. The number of hydrogen-bond donors (Lipinski definition) is 3. The molecule has 0 fully saturated rings. The quantitative estimate of drug-likeness (QED) is 0.198. The molecule has 3 aromatic carbocycles. The second-order valence-corrected chi connectivity index (χ2v) is 10.5. The van der Waals surface area contributed by atoms with Crippen molar-refractivity contribution in [3.8, 4) is 22.5 Å². The number of aromatic amines is 2. The van der Waals surface area contributed by atoms with Gasteiger partial charge in [-0.2, -0.15) is 5.10 Å². The number of amides is 1. The number of benzene rings is 3. The molecule has 0 radical (unpaired) electrons. The van der Waals surface area contributed by atoms with E-state index in [4.69, 9.17) is 0 Å². The van der Waals surface area contributed by atoms with Gasteiger partial charge in [0.15, 0.2) is 0 Å². The van der Waals surface area contributed by atoms with Crippen LogP contribution in [0.1, 0.15) is 33.3 Å². The summed E-state index contributed by atoms with van der Waals surface area (Å²) in [5.41, 5.74) is 7.59. The van der Waals surface area contributed by atoms with Crippen LogP contribution in [0.4, 0.5) is 4.39 Å². The summed E-state index contributed by atoms with van der Waals surface area (Å²) in [6.45, 7) is 11.5. The van der Waals surface area contributed by atoms with Gasteiger partial charge in [0.2, 0.25) is 5.91 Å². The van der Waals surface area contributed by atoms with Crippen molar-refractivity contribution in [2.75, 3.05) is 0 Å². The van der Waals surface area contributed by atoms with Gasteiger partial charge in [0.25, 0.3) is 0 Å². The minimum atomic E-state index is -0.515. The Hall–Kier alpha value is -4.71. The van der Waals surface area contributed by atoms with Crippen molar-refractivity contribution in [3.05, 3.63) is 109 Å². The van der Waals surface area contributed by atoms with Gasteiger partial charge in [-0.25, -0.2) is 4.39 Å². The Kier molecular flexibility index (Phi) is 6.79. The molecule has 0 saturated carbocycles. The number of rotatable bonds is 6. The summed E-state index contributed by atoms with van der Waals surface area (Å²) >= 11 is 0. The van der Waals surface area contributed by atoms with E-state index in [-0.39, 0.29) is 11.7 Å². The van der Waals surface area contributed by atoms with Crippen molar-refractivity contribution in [1.82, 2.24) is 20.5 Å². The molecule has 0 unspecified atom stereocenters. The number of H-pyrrole nitrogens is 2. The first-order chi connectivity index (χ1) is 18.7. The van der Waals surface area contributed by atoms with Crippen LogP contribution in [0.3, 0.4) is 0 Å². The lowest BCUT2D eigenvalue weighted by atomic mass is 9.95. The van der Waals surface area contributed by atoms with Gasteiger partial charge in [0, 0.05) is 27.4 Å². The van der Waals surface area contributed by atoms with Gasteiger partial charge in [-0.1, -0.05) is 63.8 Å². The molecule has 2 aromatic heterocycles. The Morgan fingerprint density at radius 2 is 1.77 bits per heavy atom. The predicted octanol–water partition coefficient (Wildman–Crippen LogP) is 8.15. The van der Waals surface area contributed by atoms with Crippen LogP contribution < -0.4 is 5.32 Å². The summed E-state index contributed by atoms with van der Waals surface area (Å²) in [6, 6.07) is 20.8. The zero-order valence-electron chi connectivity index (χ0n) is 22.5. The lowest BCUT2D eigenvalue weighted by Gasteiger charge is -2.18. The first-order valence-electron chi connectivity index (χ1n) is 12.9. The summed E-state index contributed by atoms with van der Waals surface area (Å²) in [5, 5.41) is 12.7. The molecule has 0 saturated heterocycles. The lowest BCUT2D eigenvalue weighted by Crippen LogP contribution is -2.33. The fraction of sp³-hybridized carbons (Fsp3) is 0.152. The largest absolute Gasteiger partial charge is 0.353 e. The zero-order valence-corrected chi connectivity index (χ0v) is 22.5. The fourth-order valence-corrected chi connectivity index (χ4v) is 4.53. The summed E-state index contributed by atoms with van der Waals surface area (Å²) in [7, 11) is 0.